The average molecular weight is 281 g/mol. The van der Waals surface area contributed by atoms with Gasteiger partial charge in [-0.1, -0.05) is 6.07 Å². The molecule has 6 heteroatoms. The Hall–Kier alpha value is -1.92. The van der Waals surface area contributed by atoms with E-state index in [2.05, 4.69) is 5.32 Å². The van der Waals surface area contributed by atoms with E-state index in [1.807, 2.05) is 0 Å². The van der Waals surface area contributed by atoms with E-state index >= 15 is 0 Å². The van der Waals surface area contributed by atoms with Crippen LogP contribution in [0.5, 0.6) is 5.75 Å². The highest BCUT2D eigenvalue weighted by atomic mass is 16.5. The van der Waals surface area contributed by atoms with Crippen molar-refractivity contribution in [2.75, 3.05) is 13.7 Å². The van der Waals surface area contributed by atoms with Crippen molar-refractivity contribution in [2.24, 2.45) is 0 Å². The van der Waals surface area contributed by atoms with Gasteiger partial charge in [0.1, 0.15) is 11.9 Å². The fraction of sp³-hybridized carbons (Fsp3) is 0.429. The van der Waals surface area contributed by atoms with Gasteiger partial charge in [0.05, 0.1) is 13.2 Å². The minimum Gasteiger partial charge on any atom is -0.497 e. The SMILES string of the molecule is COc1ccc(C(O)C(O)CCNC(C)=O)c(C=O)c1. The molecule has 0 aliphatic heterocycles. The molecule has 6 nitrogen and oxygen atoms in total. The second-order valence-electron chi connectivity index (χ2n) is 4.40. The molecule has 0 aliphatic carbocycles. The number of aldehydes is 1. The monoisotopic (exact) mass is 281 g/mol. The van der Waals surface area contributed by atoms with Gasteiger partial charge in [-0.05, 0) is 24.1 Å². The fourth-order valence-corrected chi connectivity index (χ4v) is 1.81. The number of aliphatic hydroxyl groups excluding tert-OH is 2. The lowest BCUT2D eigenvalue weighted by Crippen LogP contribution is -2.28. The zero-order chi connectivity index (χ0) is 15.1. The van der Waals surface area contributed by atoms with Gasteiger partial charge in [-0.3, -0.25) is 9.59 Å². The van der Waals surface area contributed by atoms with E-state index in [4.69, 9.17) is 4.74 Å². The number of carbonyl (C=O) groups is 2. The van der Waals surface area contributed by atoms with Crippen LogP contribution in [0.1, 0.15) is 35.4 Å². The number of aliphatic hydroxyl groups is 2. The fourth-order valence-electron chi connectivity index (χ4n) is 1.81. The summed E-state index contributed by atoms with van der Waals surface area (Å²) in [4.78, 5) is 21.7. The predicted octanol–water partition coefficient (Wildman–Crippen LogP) is 0.428. The van der Waals surface area contributed by atoms with Crippen molar-refractivity contribution in [2.45, 2.75) is 25.6 Å². The zero-order valence-corrected chi connectivity index (χ0v) is 11.5. The molecule has 0 heterocycles. The van der Waals surface area contributed by atoms with Crippen LogP contribution in [0.25, 0.3) is 0 Å². The summed E-state index contributed by atoms with van der Waals surface area (Å²) < 4.78 is 4.99. The number of carbonyl (C=O) groups excluding carboxylic acids is 2. The van der Waals surface area contributed by atoms with Crippen LogP contribution < -0.4 is 10.1 Å². The molecule has 3 N–H and O–H groups in total. The van der Waals surface area contributed by atoms with Crippen LogP contribution in [-0.4, -0.2) is 42.2 Å². The molecule has 0 saturated carbocycles. The van der Waals surface area contributed by atoms with E-state index in [0.717, 1.165) is 0 Å². The molecule has 0 spiro atoms. The molecule has 0 aliphatic rings. The second kappa shape index (κ2) is 7.62. The molecule has 0 saturated heterocycles. The summed E-state index contributed by atoms with van der Waals surface area (Å²) in [7, 11) is 1.47. The molecule has 2 unspecified atom stereocenters. The summed E-state index contributed by atoms with van der Waals surface area (Å²) in [5.74, 6) is 0.292. The first kappa shape index (κ1) is 16.1. The molecule has 0 fully saturated rings. The van der Waals surface area contributed by atoms with Crippen LogP contribution in [0, 0.1) is 0 Å². The van der Waals surface area contributed by atoms with Gasteiger partial charge in [0, 0.05) is 19.0 Å². The number of hydrogen-bond acceptors (Lipinski definition) is 5. The van der Waals surface area contributed by atoms with Gasteiger partial charge in [0.25, 0.3) is 0 Å². The van der Waals surface area contributed by atoms with Gasteiger partial charge in [-0.2, -0.15) is 0 Å². The Morgan fingerprint density at radius 3 is 2.70 bits per heavy atom. The predicted molar refractivity (Wildman–Crippen MR) is 72.6 cm³/mol. The Morgan fingerprint density at radius 1 is 1.45 bits per heavy atom. The Kier molecular flexibility index (Phi) is 6.14. The minimum atomic E-state index is -1.20. The molecule has 0 bridgehead atoms. The number of nitrogens with one attached hydrogen (secondary N) is 1. The Labute approximate surface area is 117 Å². The summed E-state index contributed by atoms with van der Waals surface area (Å²) in [6.45, 7) is 1.62. The van der Waals surface area contributed by atoms with Crippen LogP contribution in [0.3, 0.4) is 0 Å². The summed E-state index contributed by atoms with van der Waals surface area (Å²) in [5.41, 5.74) is 0.589. The van der Waals surface area contributed by atoms with Gasteiger partial charge >= 0.3 is 0 Å². The van der Waals surface area contributed by atoms with Crippen molar-refractivity contribution in [3.05, 3.63) is 29.3 Å². The molecule has 1 aromatic rings. The molecule has 1 rings (SSSR count). The van der Waals surface area contributed by atoms with E-state index in [9.17, 15) is 19.8 Å². The standard InChI is InChI=1S/C14H19NO5/c1-9(17)15-6-5-13(18)14(19)12-4-3-11(20-2)7-10(12)8-16/h3-4,7-8,13-14,18-19H,5-6H2,1-2H3,(H,15,17). The average Bonchev–Trinajstić information content (AvgIpc) is 2.45. The van der Waals surface area contributed by atoms with Gasteiger partial charge in [0.15, 0.2) is 6.29 Å². The third-order valence-electron chi connectivity index (χ3n) is 2.92. The molecule has 1 amide bonds. The van der Waals surface area contributed by atoms with E-state index < -0.39 is 12.2 Å². The van der Waals surface area contributed by atoms with Crippen molar-refractivity contribution >= 4 is 12.2 Å². The molecule has 20 heavy (non-hydrogen) atoms. The lowest BCUT2D eigenvalue weighted by Gasteiger charge is -2.20. The highest BCUT2D eigenvalue weighted by Crippen LogP contribution is 2.25. The third kappa shape index (κ3) is 4.32. The molecule has 1 aromatic carbocycles. The van der Waals surface area contributed by atoms with E-state index in [1.54, 1.807) is 6.07 Å². The van der Waals surface area contributed by atoms with Gasteiger partial charge in [-0.25, -0.2) is 0 Å². The van der Waals surface area contributed by atoms with Gasteiger partial charge < -0.3 is 20.3 Å². The van der Waals surface area contributed by atoms with Crippen molar-refractivity contribution in [1.82, 2.24) is 5.32 Å². The first-order valence-corrected chi connectivity index (χ1v) is 6.23. The summed E-state index contributed by atoms with van der Waals surface area (Å²) in [6.07, 6.45) is -1.49. The molecular formula is C14H19NO5. The number of hydrogen-bond donors (Lipinski definition) is 3. The van der Waals surface area contributed by atoms with Crippen LogP contribution in [-0.2, 0) is 4.79 Å². The molecular weight excluding hydrogens is 262 g/mol. The quantitative estimate of drug-likeness (QED) is 0.630. The number of benzene rings is 1. The molecule has 0 radical (unpaired) electrons. The summed E-state index contributed by atoms with van der Waals surface area (Å²) in [6, 6.07) is 4.63. The maximum atomic E-state index is 11.0. The lowest BCUT2D eigenvalue weighted by atomic mass is 9.97. The van der Waals surface area contributed by atoms with E-state index in [-0.39, 0.29) is 24.4 Å². The maximum absolute atomic E-state index is 11.0. The van der Waals surface area contributed by atoms with Crippen LogP contribution in [0.2, 0.25) is 0 Å². The number of ether oxygens (including phenoxy) is 1. The molecule has 110 valence electrons. The van der Waals surface area contributed by atoms with Crippen LogP contribution in [0.15, 0.2) is 18.2 Å². The van der Waals surface area contributed by atoms with Crippen molar-refractivity contribution in [1.29, 1.82) is 0 Å². The normalized spacial score (nSPS) is 13.4. The number of rotatable bonds is 7. The summed E-state index contributed by atoms with van der Waals surface area (Å²) >= 11 is 0. The number of methoxy groups -OCH3 is 1. The summed E-state index contributed by atoms with van der Waals surface area (Å²) in [5, 5.41) is 22.5. The topological polar surface area (TPSA) is 95.9 Å². The van der Waals surface area contributed by atoms with Crippen molar-refractivity contribution in [3.8, 4) is 5.75 Å². The second-order valence-corrected chi connectivity index (χ2v) is 4.40. The van der Waals surface area contributed by atoms with Gasteiger partial charge in [0.2, 0.25) is 5.91 Å². The first-order valence-electron chi connectivity index (χ1n) is 6.23. The highest BCUT2D eigenvalue weighted by Gasteiger charge is 2.21. The Morgan fingerprint density at radius 2 is 2.15 bits per heavy atom. The van der Waals surface area contributed by atoms with E-state index in [1.165, 1.54) is 26.2 Å². The zero-order valence-electron chi connectivity index (χ0n) is 11.5. The minimum absolute atomic E-state index is 0.186. The largest absolute Gasteiger partial charge is 0.497 e. The molecule has 0 aromatic heterocycles. The molecule has 2 atom stereocenters. The number of amides is 1. The Balaban J connectivity index is 2.77. The van der Waals surface area contributed by atoms with E-state index in [0.29, 0.717) is 17.6 Å². The van der Waals surface area contributed by atoms with Crippen LogP contribution in [0.4, 0.5) is 0 Å². The first-order chi connectivity index (χ1) is 9.49. The third-order valence-corrected chi connectivity index (χ3v) is 2.92. The van der Waals surface area contributed by atoms with Crippen LogP contribution >= 0.6 is 0 Å². The lowest BCUT2D eigenvalue weighted by molar-refractivity contribution is -0.119. The van der Waals surface area contributed by atoms with Crippen molar-refractivity contribution in [3.63, 3.8) is 0 Å². The maximum Gasteiger partial charge on any atom is 0.216 e. The Bertz CT molecular complexity index is 475. The smallest absolute Gasteiger partial charge is 0.216 e. The highest BCUT2D eigenvalue weighted by molar-refractivity contribution is 5.78. The van der Waals surface area contributed by atoms with Crippen molar-refractivity contribution < 1.29 is 24.5 Å². The van der Waals surface area contributed by atoms with Gasteiger partial charge in [-0.15, -0.1) is 0 Å².